The van der Waals surface area contributed by atoms with Crippen LogP contribution in [0.2, 0.25) is 10.0 Å². The van der Waals surface area contributed by atoms with Crippen molar-refractivity contribution in [3.63, 3.8) is 0 Å². The van der Waals surface area contributed by atoms with Gasteiger partial charge < -0.3 is 10.4 Å². The summed E-state index contributed by atoms with van der Waals surface area (Å²) in [6, 6.07) is 19.9. The highest BCUT2D eigenvalue weighted by Crippen LogP contribution is 2.34. The van der Waals surface area contributed by atoms with Crippen molar-refractivity contribution in [1.82, 2.24) is 5.32 Å². The number of benzene rings is 3. The number of carbonyl (C=O) groups is 3. The van der Waals surface area contributed by atoms with Gasteiger partial charge in [-0.2, -0.15) is 0 Å². The molecule has 5 rings (SSSR count). The molecule has 0 radical (unpaired) electrons. The molecule has 2 aliphatic rings. The zero-order chi connectivity index (χ0) is 28.9. The lowest BCUT2D eigenvalue weighted by molar-refractivity contribution is -0.136. The Labute approximate surface area is 248 Å². The summed E-state index contributed by atoms with van der Waals surface area (Å²) in [5.74, 6) is -0.681. The van der Waals surface area contributed by atoms with E-state index >= 15 is 0 Å². The lowest BCUT2D eigenvalue weighted by Crippen LogP contribution is -2.32. The molecule has 7 nitrogen and oxygen atoms in total. The second-order valence-electron chi connectivity index (χ2n) is 10.2. The van der Waals surface area contributed by atoms with Crippen molar-refractivity contribution in [3.05, 3.63) is 105 Å². The lowest BCUT2D eigenvalue weighted by Gasteiger charge is -2.23. The summed E-state index contributed by atoms with van der Waals surface area (Å²) in [7, 11) is 0. The molecular formula is C32H29Cl2N3O4. The maximum absolute atomic E-state index is 13.7. The van der Waals surface area contributed by atoms with Crippen molar-refractivity contribution in [3.8, 4) is 0 Å². The standard InChI is InChI=1S/C32H29Cl2N3O4/c33-25-16-20(17-26(34)19-25)18-28-32(41)37(27-12-10-24(11-13-27)31(40)35-15-14-29(38)39)30(36-28)23-8-6-22(7-9-23)21-4-2-1-3-5-21/h6-13,16-19,21H,1-5,14-15H2,(H,35,40)(H,38,39)/b28-18-. The first-order chi connectivity index (χ1) is 19.8. The maximum atomic E-state index is 13.7. The van der Waals surface area contributed by atoms with Gasteiger partial charge in [0.05, 0.1) is 12.1 Å². The largest absolute Gasteiger partial charge is 0.481 e. The minimum absolute atomic E-state index is 0.0237. The molecule has 41 heavy (non-hydrogen) atoms. The fraction of sp³-hybridized carbons (Fsp3) is 0.250. The van der Waals surface area contributed by atoms with Crippen LogP contribution in [-0.4, -0.2) is 35.3 Å². The molecule has 1 saturated carbocycles. The van der Waals surface area contributed by atoms with E-state index in [1.807, 2.05) is 12.1 Å². The summed E-state index contributed by atoms with van der Waals surface area (Å²) in [5.41, 5.74) is 3.86. The van der Waals surface area contributed by atoms with Gasteiger partial charge in [0.1, 0.15) is 11.5 Å². The third-order valence-electron chi connectivity index (χ3n) is 7.31. The van der Waals surface area contributed by atoms with Crippen LogP contribution in [0.4, 0.5) is 5.69 Å². The molecule has 3 aromatic rings. The number of carboxylic acid groups (broad SMARTS) is 1. The number of rotatable bonds is 8. The van der Waals surface area contributed by atoms with E-state index in [1.165, 1.54) is 42.6 Å². The number of hydrogen-bond donors (Lipinski definition) is 2. The van der Waals surface area contributed by atoms with Crippen molar-refractivity contribution in [2.24, 2.45) is 4.99 Å². The smallest absolute Gasteiger partial charge is 0.305 e. The van der Waals surface area contributed by atoms with Crippen LogP contribution in [0, 0.1) is 0 Å². The number of amidine groups is 1. The van der Waals surface area contributed by atoms with Gasteiger partial charge in [0.2, 0.25) is 0 Å². The van der Waals surface area contributed by atoms with E-state index in [1.54, 1.807) is 48.5 Å². The number of nitrogens with zero attached hydrogens (tertiary/aromatic N) is 2. The van der Waals surface area contributed by atoms with Crippen LogP contribution in [0.25, 0.3) is 6.08 Å². The monoisotopic (exact) mass is 589 g/mol. The number of nitrogens with one attached hydrogen (secondary N) is 1. The molecule has 0 spiro atoms. The second kappa shape index (κ2) is 12.7. The van der Waals surface area contributed by atoms with Crippen molar-refractivity contribution < 1.29 is 19.5 Å². The van der Waals surface area contributed by atoms with Gasteiger partial charge in [-0.05, 0) is 78.4 Å². The Hall–Kier alpha value is -3.94. The van der Waals surface area contributed by atoms with Crippen molar-refractivity contribution in [2.75, 3.05) is 11.4 Å². The highest BCUT2D eigenvalue weighted by molar-refractivity contribution is 6.35. The van der Waals surface area contributed by atoms with E-state index < -0.39 is 11.9 Å². The molecule has 0 aromatic heterocycles. The van der Waals surface area contributed by atoms with E-state index in [2.05, 4.69) is 17.4 Å². The van der Waals surface area contributed by atoms with Crippen molar-refractivity contribution >= 4 is 58.6 Å². The molecule has 1 aliphatic carbocycles. The van der Waals surface area contributed by atoms with E-state index in [0.29, 0.717) is 38.6 Å². The van der Waals surface area contributed by atoms with E-state index in [9.17, 15) is 14.4 Å². The van der Waals surface area contributed by atoms with Gasteiger partial charge in [0.15, 0.2) is 0 Å². The predicted molar refractivity (Wildman–Crippen MR) is 162 cm³/mol. The summed E-state index contributed by atoms with van der Waals surface area (Å²) in [5, 5.41) is 12.3. The Morgan fingerprint density at radius 2 is 1.61 bits per heavy atom. The quantitative estimate of drug-likeness (QED) is 0.274. The van der Waals surface area contributed by atoms with Gasteiger partial charge in [0.25, 0.3) is 11.8 Å². The zero-order valence-corrected chi connectivity index (χ0v) is 23.8. The number of hydrogen-bond acceptors (Lipinski definition) is 4. The van der Waals surface area contributed by atoms with Crippen LogP contribution >= 0.6 is 23.2 Å². The summed E-state index contributed by atoms with van der Waals surface area (Å²) in [6.45, 7) is 0.0237. The first kappa shape index (κ1) is 28.6. The molecule has 2 N–H and O–H groups in total. The molecule has 1 aliphatic heterocycles. The summed E-state index contributed by atoms with van der Waals surface area (Å²) in [4.78, 5) is 43.2. The number of aliphatic carboxylic acids is 1. The van der Waals surface area contributed by atoms with E-state index in [4.69, 9.17) is 33.3 Å². The Kier molecular flexibility index (Phi) is 8.86. The van der Waals surface area contributed by atoms with E-state index in [-0.39, 0.29) is 24.6 Å². The average molecular weight is 591 g/mol. The molecule has 0 unspecified atom stereocenters. The summed E-state index contributed by atoms with van der Waals surface area (Å²) in [6.07, 6.45) is 7.65. The van der Waals surface area contributed by atoms with Crippen LogP contribution in [0.3, 0.4) is 0 Å². The number of carbonyl (C=O) groups excluding carboxylic acids is 2. The van der Waals surface area contributed by atoms with Crippen LogP contribution in [-0.2, 0) is 9.59 Å². The number of anilines is 1. The van der Waals surface area contributed by atoms with Gasteiger partial charge in [-0.15, -0.1) is 0 Å². The molecule has 1 heterocycles. The molecule has 3 aromatic carbocycles. The predicted octanol–water partition coefficient (Wildman–Crippen LogP) is 7.08. The number of halogens is 2. The van der Waals surface area contributed by atoms with Crippen LogP contribution < -0.4 is 10.2 Å². The maximum Gasteiger partial charge on any atom is 0.305 e. The SMILES string of the molecule is O=C(O)CCNC(=O)c1ccc(N2C(=O)/C(=C/c3cc(Cl)cc(Cl)c3)N=C2c2ccc(C3CCCCC3)cc2)cc1. The lowest BCUT2D eigenvalue weighted by atomic mass is 9.84. The summed E-state index contributed by atoms with van der Waals surface area (Å²) < 4.78 is 0. The molecule has 2 amide bonds. The number of aliphatic imine (C=N–C) groups is 1. The zero-order valence-electron chi connectivity index (χ0n) is 22.3. The molecule has 9 heteroatoms. The first-order valence-electron chi connectivity index (χ1n) is 13.6. The molecule has 0 atom stereocenters. The molecular weight excluding hydrogens is 561 g/mol. The van der Waals surface area contributed by atoms with Gasteiger partial charge in [-0.25, -0.2) is 4.99 Å². The molecule has 1 fully saturated rings. The fourth-order valence-corrected chi connectivity index (χ4v) is 5.80. The van der Waals surface area contributed by atoms with E-state index in [0.717, 1.165) is 5.56 Å². The Balaban J connectivity index is 1.46. The highest BCUT2D eigenvalue weighted by atomic mass is 35.5. The summed E-state index contributed by atoms with van der Waals surface area (Å²) >= 11 is 12.4. The minimum Gasteiger partial charge on any atom is -0.481 e. The second-order valence-corrected chi connectivity index (χ2v) is 11.1. The molecule has 210 valence electrons. The highest BCUT2D eigenvalue weighted by Gasteiger charge is 2.33. The van der Waals surface area contributed by atoms with Crippen LogP contribution in [0.1, 0.15) is 71.5 Å². The number of carboxylic acids is 1. The topological polar surface area (TPSA) is 99.1 Å². The third kappa shape index (κ3) is 6.87. The van der Waals surface area contributed by atoms with Gasteiger partial charge >= 0.3 is 5.97 Å². The molecule has 0 bridgehead atoms. The molecule has 0 saturated heterocycles. The van der Waals surface area contributed by atoms with Crippen molar-refractivity contribution in [1.29, 1.82) is 0 Å². The first-order valence-corrected chi connectivity index (χ1v) is 14.4. The van der Waals surface area contributed by atoms with Gasteiger partial charge in [0, 0.05) is 27.7 Å². The Morgan fingerprint density at radius 3 is 2.24 bits per heavy atom. The number of amides is 2. The normalized spacial score (nSPS) is 16.6. The van der Waals surface area contributed by atoms with Crippen molar-refractivity contribution in [2.45, 2.75) is 44.4 Å². The fourth-order valence-electron chi connectivity index (χ4n) is 5.25. The van der Waals surface area contributed by atoms with Gasteiger partial charge in [-0.1, -0.05) is 66.7 Å². The van der Waals surface area contributed by atoms with Gasteiger partial charge in [-0.3, -0.25) is 19.3 Å². The Bertz CT molecular complexity index is 1510. The third-order valence-corrected chi connectivity index (χ3v) is 7.74. The van der Waals surface area contributed by atoms with Crippen LogP contribution in [0.15, 0.2) is 77.4 Å². The Morgan fingerprint density at radius 1 is 0.951 bits per heavy atom. The van der Waals surface area contributed by atoms with Crippen LogP contribution in [0.5, 0.6) is 0 Å². The minimum atomic E-state index is -0.990. The average Bonchev–Trinajstić information content (AvgIpc) is 3.28.